The van der Waals surface area contributed by atoms with E-state index >= 15 is 0 Å². The Morgan fingerprint density at radius 3 is 2.55 bits per heavy atom. The molecule has 1 amide bonds. The molecule has 0 saturated heterocycles. The lowest BCUT2D eigenvalue weighted by atomic mass is 10.1. The van der Waals surface area contributed by atoms with Crippen molar-refractivity contribution in [1.29, 1.82) is 5.26 Å². The van der Waals surface area contributed by atoms with Gasteiger partial charge in [-0.3, -0.25) is 4.79 Å². The third-order valence-corrected chi connectivity index (χ3v) is 4.79. The minimum Gasteiger partial charge on any atom is -0.487 e. The summed E-state index contributed by atoms with van der Waals surface area (Å²) in [6.07, 6.45) is 1.32. The van der Waals surface area contributed by atoms with Gasteiger partial charge in [0.15, 0.2) is 0 Å². The quantitative estimate of drug-likeness (QED) is 0.311. The second kappa shape index (κ2) is 10.3. The largest absolute Gasteiger partial charge is 0.487 e. The molecule has 4 nitrogen and oxygen atoms in total. The molecule has 8 heteroatoms. The molecule has 0 atom stereocenters. The second-order valence-electron chi connectivity index (χ2n) is 6.36. The molecule has 156 valence electrons. The zero-order valence-corrected chi connectivity index (χ0v) is 18.1. The zero-order chi connectivity index (χ0) is 22.4. The van der Waals surface area contributed by atoms with E-state index in [9.17, 15) is 14.4 Å². The highest BCUT2D eigenvalue weighted by molar-refractivity contribution is 6.36. The van der Waals surface area contributed by atoms with Crippen LogP contribution in [0.2, 0.25) is 15.1 Å². The van der Waals surface area contributed by atoms with Crippen molar-refractivity contribution in [2.45, 2.75) is 6.61 Å². The maximum absolute atomic E-state index is 13.4. The molecule has 0 saturated carbocycles. The predicted molar refractivity (Wildman–Crippen MR) is 121 cm³/mol. The SMILES string of the molecule is N#C/C(=C\c1cc(Cl)cc(Cl)c1OCc1cccc(F)c1)C(=O)Nc1cccc(Cl)c1. The lowest BCUT2D eigenvalue weighted by Gasteiger charge is -2.13. The van der Waals surface area contributed by atoms with Crippen molar-refractivity contribution in [2.75, 3.05) is 5.32 Å². The molecule has 0 bridgehead atoms. The first-order chi connectivity index (χ1) is 14.9. The van der Waals surface area contributed by atoms with Crippen LogP contribution in [0.4, 0.5) is 10.1 Å². The number of halogens is 4. The maximum atomic E-state index is 13.4. The first-order valence-corrected chi connectivity index (χ1v) is 10.0. The van der Waals surface area contributed by atoms with Crippen molar-refractivity contribution in [3.05, 3.63) is 98.2 Å². The number of amides is 1. The van der Waals surface area contributed by atoms with Crippen LogP contribution in [-0.2, 0) is 11.4 Å². The van der Waals surface area contributed by atoms with Gasteiger partial charge in [-0.15, -0.1) is 0 Å². The van der Waals surface area contributed by atoms with Gasteiger partial charge < -0.3 is 10.1 Å². The molecule has 0 fully saturated rings. The monoisotopic (exact) mass is 474 g/mol. The van der Waals surface area contributed by atoms with Gasteiger partial charge in [0.1, 0.15) is 29.8 Å². The second-order valence-corrected chi connectivity index (χ2v) is 7.64. The van der Waals surface area contributed by atoms with Crippen LogP contribution in [0.25, 0.3) is 6.08 Å². The van der Waals surface area contributed by atoms with Crippen LogP contribution in [0, 0.1) is 17.1 Å². The van der Waals surface area contributed by atoms with E-state index in [-0.39, 0.29) is 23.0 Å². The first kappa shape index (κ1) is 22.6. The van der Waals surface area contributed by atoms with Crippen molar-refractivity contribution >= 4 is 52.5 Å². The molecule has 0 aliphatic heterocycles. The summed E-state index contributed by atoms with van der Waals surface area (Å²) in [5.74, 6) is -0.830. The topological polar surface area (TPSA) is 62.1 Å². The number of nitrogens with zero attached hydrogens (tertiary/aromatic N) is 1. The number of nitriles is 1. The number of anilines is 1. The molecule has 0 unspecified atom stereocenters. The number of hydrogen-bond donors (Lipinski definition) is 1. The van der Waals surface area contributed by atoms with Crippen LogP contribution in [0.1, 0.15) is 11.1 Å². The van der Waals surface area contributed by atoms with E-state index in [0.29, 0.717) is 26.9 Å². The van der Waals surface area contributed by atoms with Gasteiger partial charge in [0.05, 0.1) is 5.02 Å². The van der Waals surface area contributed by atoms with E-state index < -0.39 is 11.7 Å². The third kappa shape index (κ3) is 6.22. The van der Waals surface area contributed by atoms with Crippen LogP contribution in [0.3, 0.4) is 0 Å². The first-order valence-electron chi connectivity index (χ1n) is 8.90. The summed E-state index contributed by atoms with van der Waals surface area (Å²) in [6, 6.07) is 17.3. The molecule has 0 radical (unpaired) electrons. The molecule has 0 aliphatic carbocycles. The summed E-state index contributed by atoms with van der Waals surface area (Å²) in [6.45, 7) is 0.0244. The summed E-state index contributed by atoms with van der Waals surface area (Å²) in [7, 11) is 0. The standard InChI is InChI=1S/C23H14Cl3FN2O2/c24-17-4-2-6-20(10-17)29-23(30)16(12-28)8-15-9-18(25)11-21(26)22(15)31-13-14-3-1-5-19(27)7-14/h1-11H,13H2,(H,29,30)/b16-8+. The van der Waals surface area contributed by atoms with Crippen molar-refractivity contribution in [3.63, 3.8) is 0 Å². The predicted octanol–water partition coefficient (Wildman–Crippen LogP) is 6.91. The summed E-state index contributed by atoms with van der Waals surface area (Å²) >= 11 is 18.3. The van der Waals surface area contributed by atoms with Crippen molar-refractivity contribution < 1.29 is 13.9 Å². The van der Waals surface area contributed by atoms with Crippen molar-refractivity contribution in [2.24, 2.45) is 0 Å². The fourth-order valence-corrected chi connectivity index (χ4v) is 3.44. The van der Waals surface area contributed by atoms with Gasteiger partial charge in [0, 0.05) is 21.3 Å². The Morgan fingerprint density at radius 2 is 1.84 bits per heavy atom. The Hall–Kier alpha value is -3.04. The Balaban J connectivity index is 1.89. The van der Waals surface area contributed by atoms with E-state index in [1.807, 2.05) is 6.07 Å². The molecule has 3 rings (SSSR count). The number of ether oxygens (including phenoxy) is 1. The molecule has 0 aromatic heterocycles. The van der Waals surface area contributed by atoms with E-state index in [1.165, 1.54) is 30.3 Å². The van der Waals surface area contributed by atoms with Crippen LogP contribution >= 0.6 is 34.8 Å². The average Bonchev–Trinajstić information content (AvgIpc) is 2.71. The molecular weight excluding hydrogens is 462 g/mol. The minimum absolute atomic E-state index is 0.0244. The minimum atomic E-state index is -0.642. The van der Waals surface area contributed by atoms with Gasteiger partial charge in [0.2, 0.25) is 0 Å². The third-order valence-electron chi connectivity index (χ3n) is 4.06. The Bertz CT molecular complexity index is 1210. The lowest BCUT2D eigenvalue weighted by molar-refractivity contribution is -0.112. The lowest BCUT2D eigenvalue weighted by Crippen LogP contribution is -2.13. The molecule has 31 heavy (non-hydrogen) atoms. The van der Waals surface area contributed by atoms with Crippen LogP contribution in [0.5, 0.6) is 5.75 Å². The summed E-state index contributed by atoms with van der Waals surface area (Å²) in [4.78, 5) is 12.6. The number of benzene rings is 3. The number of hydrogen-bond acceptors (Lipinski definition) is 3. The Morgan fingerprint density at radius 1 is 1.06 bits per heavy atom. The van der Waals surface area contributed by atoms with E-state index in [1.54, 1.807) is 36.4 Å². The normalized spacial score (nSPS) is 11.0. The summed E-state index contributed by atoms with van der Waals surface area (Å²) in [5, 5.41) is 13.0. The highest BCUT2D eigenvalue weighted by Crippen LogP contribution is 2.34. The number of carbonyl (C=O) groups is 1. The van der Waals surface area contributed by atoms with Gasteiger partial charge in [0.25, 0.3) is 5.91 Å². The van der Waals surface area contributed by atoms with Crippen LogP contribution in [0.15, 0.2) is 66.2 Å². The molecule has 0 spiro atoms. The molecular formula is C23H14Cl3FN2O2. The van der Waals surface area contributed by atoms with Gasteiger partial charge in [-0.25, -0.2) is 4.39 Å². The van der Waals surface area contributed by atoms with Crippen molar-refractivity contribution in [3.8, 4) is 11.8 Å². The van der Waals surface area contributed by atoms with Crippen molar-refractivity contribution in [1.82, 2.24) is 0 Å². The van der Waals surface area contributed by atoms with E-state index in [0.717, 1.165) is 0 Å². The fourth-order valence-electron chi connectivity index (χ4n) is 2.69. The highest BCUT2D eigenvalue weighted by atomic mass is 35.5. The van der Waals surface area contributed by atoms with Crippen LogP contribution < -0.4 is 10.1 Å². The molecule has 1 N–H and O–H groups in total. The molecule has 0 aliphatic rings. The van der Waals surface area contributed by atoms with Gasteiger partial charge in [-0.1, -0.05) is 53.0 Å². The van der Waals surface area contributed by atoms with Gasteiger partial charge in [-0.2, -0.15) is 5.26 Å². The van der Waals surface area contributed by atoms with Gasteiger partial charge >= 0.3 is 0 Å². The molecule has 3 aromatic rings. The Labute approximate surface area is 193 Å². The zero-order valence-electron chi connectivity index (χ0n) is 15.8. The summed E-state index contributed by atoms with van der Waals surface area (Å²) in [5.41, 5.74) is 1.14. The number of carbonyl (C=O) groups excluding carboxylic acids is 1. The van der Waals surface area contributed by atoms with Crippen LogP contribution in [-0.4, -0.2) is 5.91 Å². The fraction of sp³-hybridized carbons (Fsp3) is 0.0435. The molecule has 0 heterocycles. The van der Waals surface area contributed by atoms with E-state index in [4.69, 9.17) is 39.5 Å². The van der Waals surface area contributed by atoms with E-state index in [2.05, 4.69) is 5.32 Å². The Kier molecular flexibility index (Phi) is 7.54. The maximum Gasteiger partial charge on any atom is 0.266 e. The number of rotatable bonds is 6. The highest BCUT2D eigenvalue weighted by Gasteiger charge is 2.15. The smallest absolute Gasteiger partial charge is 0.266 e. The summed E-state index contributed by atoms with van der Waals surface area (Å²) < 4.78 is 19.2. The van der Waals surface area contributed by atoms with Gasteiger partial charge in [-0.05, 0) is 54.1 Å². The average molecular weight is 476 g/mol. The molecule has 3 aromatic carbocycles. The number of nitrogens with one attached hydrogen (secondary N) is 1.